The Balaban J connectivity index is 1.66. The van der Waals surface area contributed by atoms with Gasteiger partial charge >= 0.3 is 0 Å². The highest BCUT2D eigenvalue weighted by molar-refractivity contribution is 9.10. The van der Waals surface area contributed by atoms with Gasteiger partial charge in [-0.15, -0.1) is 0 Å². The van der Waals surface area contributed by atoms with E-state index in [0.29, 0.717) is 34.9 Å². The Morgan fingerprint density at radius 3 is 2.54 bits per heavy atom. The van der Waals surface area contributed by atoms with Crippen LogP contribution in [0.2, 0.25) is 0 Å². The van der Waals surface area contributed by atoms with Crippen molar-refractivity contribution in [3.05, 3.63) is 63.5 Å². The minimum atomic E-state index is -3.47. The molecule has 1 aliphatic rings. The van der Waals surface area contributed by atoms with Crippen molar-refractivity contribution in [1.82, 2.24) is 4.90 Å². The number of benzene rings is 2. The van der Waals surface area contributed by atoms with Gasteiger partial charge < -0.3 is 14.7 Å². The summed E-state index contributed by atoms with van der Waals surface area (Å²) in [6.45, 7) is 2.24. The van der Waals surface area contributed by atoms with Gasteiger partial charge in [-0.2, -0.15) is 0 Å². The molecule has 0 bridgehead atoms. The first-order valence-corrected chi connectivity index (χ1v) is 11.5. The summed E-state index contributed by atoms with van der Waals surface area (Å²) in [7, 11) is -1.50. The number of aliphatic hydroxyl groups is 1. The van der Waals surface area contributed by atoms with Crippen LogP contribution in [0.5, 0.6) is 5.75 Å². The Morgan fingerprint density at radius 1 is 1.07 bits per heavy atom. The fourth-order valence-corrected chi connectivity index (χ4v) is 4.87. The molecule has 1 aliphatic heterocycles. The second-order valence-electron chi connectivity index (χ2n) is 6.82. The molecule has 7 heteroatoms. The van der Waals surface area contributed by atoms with Crippen molar-refractivity contribution in [3.8, 4) is 5.75 Å². The van der Waals surface area contributed by atoms with Crippen molar-refractivity contribution >= 4 is 31.3 Å². The molecule has 150 valence electrons. The molecule has 5 nitrogen and oxygen atoms in total. The second kappa shape index (κ2) is 9.22. The molecule has 0 aromatic heterocycles. The van der Waals surface area contributed by atoms with E-state index in [4.69, 9.17) is 9.84 Å². The fourth-order valence-electron chi connectivity index (χ4n) is 3.14. The average Bonchev–Trinajstić information content (AvgIpc) is 2.93. The van der Waals surface area contributed by atoms with Crippen LogP contribution in [-0.4, -0.2) is 51.8 Å². The third kappa shape index (κ3) is 5.03. The van der Waals surface area contributed by atoms with E-state index in [0.717, 1.165) is 29.4 Å². The number of fused-ring (bicyclic) bond motifs is 1. The zero-order valence-electron chi connectivity index (χ0n) is 15.8. The van der Waals surface area contributed by atoms with Crippen molar-refractivity contribution in [2.24, 2.45) is 0 Å². The topological polar surface area (TPSA) is 66.8 Å². The van der Waals surface area contributed by atoms with E-state index in [9.17, 15) is 8.42 Å². The van der Waals surface area contributed by atoms with Crippen LogP contribution in [0, 0.1) is 0 Å². The summed E-state index contributed by atoms with van der Waals surface area (Å²) < 4.78 is 31.9. The van der Waals surface area contributed by atoms with Crippen LogP contribution in [0.25, 0.3) is 5.57 Å². The van der Waals surface area contributed by atoms with E-state index >= 15 is 0 Å². The number of aliphatic hydroxyl groups excluding tert-OH is 1. The predicted octanol–water partition coefficient (Wildman–Crippen LogP) is 3.71. The molecular weight excluding hydrogens is 442 g/mol. The van der Waals surface area contributed by atoms with Crippen LogP contribution in [0.15, 0.2) is 57.2 Å². The minimum absolute atomic E-state index is 0.160. The largest absolute Gasteiger partial charge is 0.494 e. The van der Waals surface area contributed by atoms with E-state index in [1.165, 1.54) is 5.41 Å². The molecule has 2 aromatic rings. The smallest absolute Gasteiger partial charge is 0.201 e. The van der Waals surface area contributed by atoms with Crippen molar-refractivity contribution < 1.29 is 18.3 Å². The molecule has 1 heterocycles. The number of hydrogen-bond donors (Lipinski definition) is 1. The summed E-state index contributed by atoms with van der Waals surface area (Å²) in [5.74, 6) is 0.566. The van der Waals surface area contributed by atoms with Crippen LogP contribution in [0.3, 0.4) is 0 Å². The van der Waals surface area contributed by atoms with Crippen molar-refractivity contribution in [2.75, 3.05) is 33.4 Å². The van der Waals surface area contributed by atoms with Crippen molar-refractivity contribution in [3.63, 3.8) is 0 Å². The van der Waals surface area contributed by atoms with Gasteiger partial charge in [0.2, 0.25) is 9.84 Å². The molecule has 0 atom stereocenters. The number of halogens is 1. The normalized spacial score (nSPS) is 14.8. The highest BCUT2D eigenvalue weighted by Crippen LogP contribution is 2.39. The lowest BCUT2D eigenvalue weighted by molar-refractivity contribution is 0.214. The highest BCUT2D eigenvalue weighted by Gasteiger charge is 2.28. The Bertz CT molecular complexity index is 955. The van der Waals surface area contributed by atoms with Crippen LogP contribution >= 0.6 is 15.9 Å². The molecule has 0 amide bonds. The average molecular weight is 466 g/mol. The maximum Gasteiger partial charge on any atom is 0.201 e. The van der Waals surface area contributed by atoms with E-state index in [1.807, 2.05) is 43.4 Å². The molecule has 1 N–H and O–H groups in total. The summed E-state index contributed by atoms with van der Waals surface area (Å²) in [6.07, 6.45) is 1.82. The van der Waals surface area contributed by atoms with Crippen molar-refractivity contribution in [2.45, 2.75) is 17.7 Å². The Labute approximate surface area is 174 Å². The first-order valence-electron chi connectivity index (χ1n) is 9.20. The van der Waals surface area contributed by atoms with Gasteiger partial charge in [-0.1, -0.05) is 28.1 Å². The van der Waals surface area contributed by atoms with E-state index in [-0.39, 0.29) is 6.61 Å². The molecule has 0 unspecified atom stereocenters. The van der Waals surface area contributed by atoms with Gasteiger partial charge in [-0.25, -0.2) is 8.42 Å². The minimum Gasteiger partial charge on any atom is -0.494 e. The van der Waals surface area contributed by atoms with Crippen LogP contribution in [-0.2, 0) is 9.84 Å². The number of rotatable bonds is 9. The van der Waals surface area contributed by atoms with Crippen LogP contribution in [0.1, 0.15) is 24.0 Å². The van der Waals surface area contributed by atoms with E-state index < -0.39 is 9.84 Å². The van der Waals surface area contributed by atoms with E-state index in [1.54, 1.807) is 6.07 Å². The summed E-state index contributed by atoms with van der Waals surface area (Å²) in [5, 5.41) is 10.2. The standard InChI is InChI=1S/C21H24BrNO4S/c1-23(11-12-24)10-2-3-13-27-18-8-9-19-20(15-28(25,26)21(19)14-18)16-4-6-17(22)7-5-16/h4-9,14-15,24H,2-3,10-13H2,1H3. The molecule has 28 heavy (non-hydrogen) atoms. The molecule has 0 radical (unpaired) electrons. The third-order valence-electron chi connectivity index (χ3n) is 4.66. The van der Waals surface area contributed by atoms with Gasteiger partial charge in [0.15, 0.2) is 0 Å². The number of likely N-dealkylation sites (N-methyl/N-ethyl adjacent to an activating group) is 1. The first kappa shape index (κ1) is 21.0. The highest BCUT2D eigenvalue weighted by atomic mass is 79.9. The van der Waals surface area contributed by atoms with Gasteiger partial charge in [0.05, 0.1) is 18.1 Å². The number of nitrogens with zero attached hydrogens (tertiary/aromatic N) is 1. The third-order valence-corrected chi connectivity index (χ3v) is 6.69. The second-order valence-corrected chi connectivity index (χ2v) is 9.51. The molecule has 0 spiro atoms. The fraction of sp³-hybridized carbons (Fsp3) is 0.333. The Hall–Kier alpha value is -1.67. The van der Waals surface area contributed by atoms with Gasteiger partial charge in [0.25, 0.3) is 0 Å². The summed E-state index contributed by atoms with van der Waals surface area (Å²) in [6, 6.07) is 12.9. The number of ether oxygens (including phenoxy) is 1. The predicted molar refractivity (Wildman–Crippen MR) is 114 cm³/mol. The molecule has 0 fully saturated rings. The SMILES string of the molecule is CN(CCO)CCCCOc1ccc2c(c1)S(=O)(=O)C=C2c1ccc(Br)cc1. The maximum atomic E-state index is 12.6. The Kier molecular flexibility index (Phi) is 6.93. The molecule has 0 saturated heterocycles. The van der Waals surface area contributed by atoms with Gasteiger partial charge in [-0.3, -0.25) is 0 Å². The molecule has 0 saturated carbocycles. The molecule has 2 aromatic carbocycles. The Morgan fingerprint density at radius 2 is 1.82 bits per heavy atom. The van der Waals surface area contributed by atoms with Gasteiger partial charge in [-0.05, 0) is 62.3 Å². The number of hydrogen-bond acceptors (Lipinski definition) is 5. The molecular formula is C21H24BrNO4S. The summed E-state index contributed by atoms with van der Waals surface area (Å²) in [4.78, 5) is 2.36. The quantitative estimate of drug-likeness (QED) is 0.571. The van der Waals surface area contributed by atoms with E-state index in [2.05, 4.69) is 20.8 Å². The zero-order chi connectivity index (χ0) is 20.1. The lowest BCUT2D eigenvalue weighted by atomic mass is 10.00. The van der Waals surface area contributed by atoms with Crippen LogP contribution < -0.4 is 4.74 Å². The van der Waals surface area contributed by atoms with Crippen molar-refractivity contribution in [1.29, 1.82) is 0 Å². The monoisotopic (exact) mass is 465 g/mol. The van der Waals surface area contributed by atoms with Gasteiger partial charge in [0.1, 0.15) is 5.75 Å². The lowest BCUT2D eigenvalue weighted by Gasteiger charge is -2.14. The lowest BCUT2D eigenvalue weighted by Crippen LogP contribution is -2.23. The van der Waals surface area contributed by atoms with Gasteiger partial charge in [0, 0.05) is 27.6 Å². The number of sulfone groups is 1. The summed E-state index contributed by atoms with van der Waals surface area (Å²) >= 11 is 3.40. The summed E-state index contributed by atoms with van der Waals surface area (Å²) in [5.41, 5.74) is 2.28. The maximum absolute atomic E-state index is 12.6. The zero-order valence-corrected chi connectivity index (χ0v) is 18.2. The first-order chi connectivity index (χ1) is 13.4. The molecule has 3 rings (SSSR count). The van der Waals surface area contributed by atoms with Crippen LogP contribution in [0.4, 0.5) is 0 Å². The molecule has 0 aliphatic carbocycles. The number of unbranched alkanes of at least 4 members (excludes halogenated alkanes) is 1.